The zero-order chi connectivity index (χ0) is 15.5. The summed E-state index contributed by atoms with van der Waals surface area (Å²) in [6, 6.07) is 5.81. The molecule has 1 aliphatic rings. The van der Waals surface area contributed by atoms with Crippen LogP contribution in [0.2, 0.25) is 5.02 Å². The summed E-state index contributed by atoms with van der Waals surface area (Å²) in [5.41, 5.74) is 6.77. The van der Waals surface area contributed by atoms with Crippen molar-refractivity contribution in [1.29, 1.82) is 0 Å². The molecule has 5 heteroatoms. The third-order valence-electron chi connectivity index (χ3n) is 4.27. The summed E-state index contributed by atoms with van der Waals surface area (Å²) < 4.78 is 0.971. The third kappa shape index (κ3) is 5.22. The van der Waals surface area contributed by atoms with Gasteiger partial charge in [0.1, 0.15) is 0 Å². The molecule has 0 spiro atoms. The number of nitrogens with two attached hydrogens (primary N) is 1. The van der Waals surface area contributed by atoms with E-state index in [1.54, 1.807) is 0 Å². The van der Waals surface area contributed by atoms with Crippen LogP contribution < -0.4 is 5.73 Å². The van der Waals surface area contributed by atoms with Gasteiger partial charge < -0.3 is 15.7 Å². The highest BCUT2D eigenvalue weighted by atomic mass is 79.9. The number of rotatable bonds is 4. The molecule has 0 bridgehead atoms. The summed E-state index contributed by atoms with van der Waals surface area (Å²) in [5.74, 6) is 0. The Kier molecular flexibility index (Phi) is 6.09. The number of hydrogen-bond donors (Lipinski definition) is 2. The van der Waals surface area contributed by atoms with Crippen LogP contribution in [0.3, 0.4) is 0 Å². The van der Waals surface area contributed by atoms with Crippen molar-refractivity contribution in [2.75, 3.05) is 19.6 Å². The predicted molar refractivity (Wildman–Crippen MR) is 91.6 cm³/mol. The fourth-order valence-electron chi connectivity index (χ4n) is 2.82. The zero-order valence-corrected chi connectivity index (χ0v) is 14.8. The molecule has 118 valence electrons. The van der Waals surface area contributed by atoms with Crippen LogP contribution in [0.1, 0.15) is 44.2 Å². The highest BCUT2D eigenvalue weighted by Gasteiger charge is 2.25. The van der Waals surface area contributed by atoms with E-state index in [9.17, 15) is 5.11 Å². The zero-order valence-electron chi connectivity index (χ0n) is 12.5. The maximum Gasteiger partial charge on any atom is 0.0632 e. The summed E-state index contributed by atoms with van der Waals surface area (Å²) in [5, 5.41) is 10.8. The molecule has 3 nitrogen and oxygen atoms in total. The lowest BCUT2D eigenvalue weighted by Crippen LogP contribution is -2.30. The van der Waals surface area contributed by atoms with Crippen LogP contribution in [0.25, 0.3) is 0 Å². The number of benzene rings is 1. The van der Waals surface area contributed by atoms with E-state index in [1.165, 1.54) is 0 Å². The van der Waals surface area contributed by atoms with E-state index in [0.717, 1.165) is 60.4 Å². The highest BCUT2D eigenvalue weighted by Crippen LogP contribution is 2.27. The second kappa shape index (κ2) is 7.42. The van der Waals surface area contributed by atoms with Crippen molar-refractivity contribution in [3.05, 3.63) is 33.3 Å². The number of halogens is 2. The van der Waals surface area contributed by atoms with Crippen molar-refractivity contribution >= 4 is 27.5 Å². The number of aliphatic hydroxyl groups is 1. The van der Waals surface area contributed by atoms with Gasteiger partial charge in [-0.15, -0.1) is 0 Å². The van der Waals surface area contributed by atoms with Gasteiger partial charge in [0.05, 0.1) is 5.60 Å². The Morgan fingerprint density at radius 3 is 2.90 bits per heavy atom. The fraction of sp³-hybridized carbons (Fsp3) is 0.625. The van der Waals surface area contributed by atoms with Gasteiger partial charge in [-0.1, -0.05) is 33.6 Å². The molecule has 1 heterocycles. The Hall–Kier alpha value is -0.130. The summed E-state index contributed by atoms with van der Waals surface area (Å²) in [6.45, 7) is 4.86. The van der Waals surface area contributed by atoms with Gasteiger partial charge in [-0.3, -0.25) is 0 Å². The third-order valence-corrected chi connectivity index (χ3v) is 5.10. The molecule has 0 amide bonds. The van der Waals surface area contributed by atoms with Gasteiger partial charge in [-0.25, -0.2) is 0 Å². The van der Waals surface area contributed by atoms with Crippen LogP contribution >= 0.6 is 27.5 Å². The van der Waals surface area contributed by atoms with Crippen LogP contribution in [0.4, 0.5) is 0 Å². The lowest BCUT2D eigenvalue weighted by atomic mass is 9.98. The summed E-state index contributed by atoms with van der Waals surface area (Å²) in [7, 11) is 0. The van der Waals surface area contributed by atoms with Gasteiger partial charge in [0.2, 0.25) is 0 Å². The number of likely N-dealkylation sites (tertiary alicyclic amines) is 1. The van der Waals surface area contributed by atoms with E-state index >= 15 is 0 Å². The first-order chi connectivity index (χ1) is 9.87. The molecule has 2 unspecified atom stereocenters. The minimum absolute atomic E-state index is 0.0469. The van der Waals surface area contributed by atoms with E-state index in [2.05, 4.69) is 20.8 Å². The lowest BCUT2D eigenvalue weighted by molar-refractivity contribution is 0.0446. The second-order valence-corrected chi connectivity index (χ2v) is 7.58. The van der Waals surface area contributed by atoms with Gasteiger partial charge in [0.15, 0.2) is 0 Å². The van der Waals surface area contributed by atoms with Gasteiger partial charge >= 0.3 is 0 Å². The summed E-state index contributed by atoms with van der Waals surface area (Å²) in [6.07, 6.45) is 3.64. The largest absolute Gasteiger partial charge is 0.390 e. The SMILES string of the molecule is CC1(O)CCCN(CCC(N)c2ccc(Br)cc2Cl)CC1. The molecule has 1 aromatic carbocycles. The Bertz CT molecular complexity index is 481. The maximum absolute atomic E-state index is 10.1. The topological polar surface area (TPSA) is 49.5 Å². The highest BCUT2D eigenvalue weighted by molar-refractivity contribution is 9.10. The van der Waals surface area contributed by atoms with Crippen LogP contribution in [0.15, 0.2) is 22.7 Å². The Morgan fingerprint density at radius 2 is 2.19 bits per heavy atom. The summed E-state index contributed by atoms with van der Waals surface area (Å²) >= 11 is 9.66. The molecule has 3 N–H and O–H groups in total. The maximum atomic E-state index is 10.1. The first-order valence-corrected chi connectivity index (χ1v) is 8.70. The standard InChI is InChI=1S/C16H24BrClN2O/c1-16(21)6-2-8-20(10-7-16)9-5-15(19)13-4-3-12(17)11-14(13)18/h3-4,11,15,21H,2,5-10,19H2,1H3. The van der Waals surface area contributed by atoms with Gasteiger partial charge in [-0.05, 0) is 63.4 Å². The van der Waals surface area contributed by atoms with E-state index in [-0.39, 0.29) is 6.04 Å². The number of nitrogens with zero attached hydrogens (tertiary/aromatic N) is 1. The van der Waals surface area contributed by atoms with Crippen LogP contribution in [-0.4, -0.2) is 35.2 Å². The number of hydrogen-bond acceptors (Lipinski definition) is 3. The van der Waals surface area contributed by atoms with Crippen LogP contribution in [0.5, 0.6) is 0 Å². The second-order valence-electron chi connectivity index (χ2n) is 6.25. The lowest BCUT2D eigenvalue weighted by Gasteiger charge is -2.24. The molecular weight excluding hydrogens is 352 g/mol. The van der Waals surface area contributed by atoms with Crippen molar-refractivity contribution in [3.8, 4) is 0 Å². The van der Waals surface area contributed by atoms with E-state index in [4.69, 9.17) is 17.3 Å². The first kappa shape index (κ1) is 17.2. The molecule has 1 aromatic rings. The van der Waals surface area contributed by atoms with E-state index in [0.29, 0.717) is 0 Å². The molecule has 0 radical (unpaired) electrons. The normalized spacial score (nSPS) is 25.6. The van der Waals surface area contributed by atoms with E-state index in [1.807, 2.05) is 25.1 Å². The molecular formula is C16H24BrClN2O. The Labute approximate surface area is 140 Å². The predicted octanol–water partition coefficient (Wildman–Crippen LogP) is 3.73. The molecule has 2 rings (SSSR count). The molecule has 1 aliphatic heterocycles. The minimum Gasteiger partial charge on any atom is -0.390 e. The molecule has 1 fully saturated rings. The van der Waals surface area contributed by atoms with Crippen LogP contribution in [0, 0.1) is 0 Å². The molecule has 0 aromatic heterocycles. The smallest absolute Gasteiger partial charge is 0.0632 e. The monoisotopic (exact) mass is 374 g/mol. The minimum atomic E-state index is -0.508. The van der Waals surface area contributed by atoms with Crippen molar-refractivity contribution in [3.63, 3.8) is 0 Å². The molecule has 0 saturated carbocycles. The Balaban J connectivity index is 1.87. The van der Waals surface area contributed by atoms with Crippen molar-refractivity contribution < 1.29 is 5.11 Å². The van der Waals surface area contributed by atoms with E-state index < -0.39 is 5.60 Å². The molecule has 2 atom stereocenters. The van der Waals surface area contributed by atoms with Crippen molar-refractivity contribution in [1.82, 2.24) is 4.90 Å². The average molecular weight is 376 g/mol. The van der Waals surface area contributed by atoms with Crippen molar-refractivity contribution in [2.24, 2.45) is 5.73 Å². The fourth-order valence-corrected chi connectivity index (χ4v) is 3.64. The van der Waals surface area contributed by atoms with Crippen LogP contribution in [-0.2, 0) is 0 Å². The molecule has 1 saturated heterocycles. The summed E-state index contributed by atoms with van der Waals surface area (Å²) in [4.78, 5) is 2.40. The van der Waals surface area contributed by atoms with Gasteiger partial charge in [-0.2, -0.15) is 0 Å². The van der Waals surface area contributed by atoms with Gasteiger partial charge in [0.25, 0.3) is 0 Å². The van der Waals surface area contributed by atoms with Gasteiger partial charge in [0, 0.05) is 22.1 Å². The average Bonchev–Trinajstić information content (AvgIpc) is 2.57. The quantitative estimate of drug-likeness (QED) is 0.843. The Morgan fingerprint density at radius 1 is 1.43 bits per heavy atom. The van der Waals surface area contributed by atoms with Crippen molar-refractivity contribution in [2.45, 2.75) is 44.2 Å². The molecule has 21 heavy (non-hydrogen) atoms. The molecule has 0 aliphatic carbocycles. The first-order valence-electron chi connectivity index (χ1n) is 7.53.